The average molecular weight is 357 g/mol. The van der Waals surface area contributed by atoms with Crippen LogP contribution in [0.5, 0.6) is 0 Å². The Kier molecular flexibility index (Phi) is 4.88. The van der Waals surface area contributed by atoms with Crippen LogP contribution in [-0.2, 0) is 14.1 Å². The second kappa shape index (κ2) is 6.67. The van der Waals surface area contributed by atoms with Crippen LogP contribution >= 0.6 is 11.8 Å². The Bertz CT molecular complexity index is 809. The van der Waals surface area contributed by atoms with Gasteiger partial charge in [-0.1, -0.05) is 30.0 Å². The Hall–Kier alpha value is -1.50. The van der Waals surface area contributed by atoms with E-state index in [1.807, 2.05) is 46.0 Å². The minimum atomic E-state index is -0.453. The molecule has 1 aliphatic rings. The van der Waals surface area contributed by atoms with Gasteiger partial charge in [0.2, 0.25) is 0 Å². The number of rotatable bonds is 4. The molecule has 0 saturated carbocycles. The van der Waals surface area contributed by atoms with E-state index in [2.05, 4.69) is 23.2 Å². The SMILES string of the molecule is CC(=O)SCC(=Cc1cccc2[nH]ccc12)B1OC(C)(C)C(C)(C)O1. The minimum absolute atomic E-state index is 0.0854. The molecule has 3 rings (SSSR count). The summed E-state index contributed by atoms with van der Waals surface area (Å²) in [7, 11) is -0.453. The zero-order chi connectivity index (χ0) is 18.2. The van der Waals surface area contributed by atoms with Crippen molar-refractivity contribution in [3.05, 3.63) is 41.5 Å². The van der Waals surface area contributed by atoms with Crippen molar-refractivity contribution in [3.8, 4) is 0 Å². The van der Waals surface area contributed by atoms with Gasteiger partial charge in [0.05, 0.1) is 11.2 Å². The van der Waals surface area contributed by atoms with Gasteiger partial charge in [-0.15, -0.1) is 0 Å². The molecule has 0 amide bonds. The summed E-state index contributed by atoms with van der Waals surface area (Å²) in [6.07, 6.45) is 4.02. The number of hydrogen-bond acceptors (Lipinski definition) is 4. The van der Waals surface area contributed by atoms with Crippen LogP contribution < -0.4 is 0 Å². The van der Waals surface area contributed by atoms with Gasteiger partial charge in [-0.05, 0) is 50.9 Å². The summed E-state index contributed by atoms with van der Waals surface area (Å²) < 4.78 is 12.4. The molecule has 1 saturated heterocycles. The number of carbonyl (C=O) groups excluding carboxylic acids is 1. The molecule has 1 aromatic carbocycles. The molecule has 25 heavy (non-hydrogen) atoms. The highest BCUT2D eigenvalue weighted by molar-refractivity contribution is 8.13. The van der Waals surface area contributed by atoms with E-state index in [1.54, 1.807) is 6.92 Å². The van der Waals surface area contributed by atoms with Crippen molar-refractivity contribution in [1.29, 1.82) is 0 Å². The topological polar surface area (TPSA) is 51.3 Å². The molecule has 0 atom stereocenters. The lowest BCUT2D eigenvalue weighted by Crippen LogP contribution is -2.41. The number of fused-ring (bicyclic) bond motifs is 1. The minimum Gasteiger partial charge on any atom is -0.400 e. The number of nitrogens with one attached hydrogen (secondary N) is 1. The van der Waals surface area contributed by atoms with Crippen LogP contribution in [0.4, 0.5) is 0 Å². The Labute approximate surface area is 153 Å². The number of carbonyl (C=O) groups is 1. The van der Waals surface area contributed by atoms with Gasteiger partial charge < -0.3 is 14.3 Å². The fraction of sp³-hybridized carbons (Fsp3) is 0.421. The third kappa shape index (κ3) is 3.71. The molecule has 0 spiro atoms. The first kappa shape index (κ1) is 18.3. The Morgan fingerprint density at radius 1 is 1.20 bits per heavy atom. The van der Waals surface area contributed by atoms with Gasteiger partial charge in [0.25, 0.3) is 0 Å². The highest BCUT2D eigenvalue weighted by atomic mass is 32.2. The molecule has 2 aromatic rings. The summed E-state index contributed by atoms with van der Waals surface area (Å²) in [5.41, 5.74) is 2.33. The van der Waals surface area contributed by atoms with Gasteiger partial charge in [-0.25, -0.2) is 0 Å². The first-order chi connectivity index (χ1) is 11.7. The van der Waals surface area contributed by atoms with Gasteiger partial charge >= 0.3 is 7.12 Å². The van der Waals surface area contributed by atoms with Gasteiger partial charge in [0, 0.05) is 29.8 Å². The van der Waals surface area contributed by atoms with Crippen LogP contribution in [0.3, 0.4) is 0 Å². The lowest BCUT2D eigenvalue weighted by Gasteiger charge is -2.32. The average Bonchev–Trinajstić information content (AvgIpc) is 3.06. The number of hydrogen-bond donors (Lipinski definition) is 1. The van der Waals surface area contributed by atoms with Gasteiger partial charge in [0.1, 0.15) is 0 Å². The van der Waals surface area contributed by atoms with E-state index >= 15 is 0 Å². The maximum atomic E-state index is 11.5. The van der Waals surface area contributed by atoms with Crippen LogP contribution in [0.25, 0.3) is 17.0 Å². The van der Waals surface area contributed by atoms with Crippen molar-refractivity contribution in [3.63, 3.8) is 0 Å². The number of H-pyrrole nitrogens is 1. The van der Waals surface area contributed by atoms with Crippen LogP contribution in [0.2, 0.25) is 0 Å². The fourth-order valence-electron chi connectivity index (χ4n) is 2.79. The summed E-state index contributed by atoms with van der Waals surface area (Å²) in [5, 5.41) is 1.23. The normalized spacial score (nSPS) is 19.6. The number of benzene rings is 1. The monoisotopic (exact) mass is 357 g/mol. The number of thioether (sulfide) groups is 1. The molecule has 1 aliphatic heterocycles. The van der Waals surface area contributed by atoms with Crippen LogP contribution in [-0.4, -0.2) is 34.2 Å². The summed E-state index contributed by atoms with van der Waals surface area (Å²) >= 11 is 1.28. The van der Waals surface area contributed by atoms with Gasteiger partial charge in [-0.3, -0.25) is 4.79 Å². The van der Waals surface area contributed by atoms with E-state index in [1.165, 1.54) is 11.8 Å². The van der Waals surface area contributed by atoms with E-state index in [0.29, 0.717) is 5.75 Å². The molecule has 6 heteroatoms. The second-order valence-corrected chi connectivity index (χ2v) is 8.53. The first-order valence-electron chi connectivity index (χ1n) is 8.45. The van der Waals surface area contributed by atoms with Gasteiger partial charge in [0.15, 0.2) is 5.12 Å². The molecular formula is C19H24BNO3S. The van der Waals surface area contributed by atoms with E-state index in [4.69, 9.17) is 9.31 Å². The lowest BCUT2D eigenvalue weighted by molar-refractivity contribution is -0.109. The predicted molar refractivity (Wildman–Crippen MR) is 105 cm³/mol. The number of aromatic amines is 1. The predicted octanol–water partition coefficient (Wildman–Crippen LogP) is 4.46. The first-order valence-corrected chi connectivity index (χ1v) is 9.44. The Morgan fingerprint density at radius 3 is 2.52 bits per heavy atom. The van der Waals surface area contributed by atoms with Crippen LogP contribution in [0.1, 0.15) is 40.2 Å². The van der Waals surface area contributed by atoms with Crippen molar-refractivity contribution in [2.24, 2.45) is 0 Å². The molecule has 1 fully saturated rings. The van der Waals surface area contributed by atoms with Crippen molar-refractivity contribution >= 4 is 41.0 Å². The molecule has 132 valence electrons. The quantitative estimate of drug-likeness (QED) is 0.821. The standard InChI is InChI=1S/C19H24BNO3S/c1-13(22)25-12-15(20-23-18(2,3)19(4,5)24-20)11-14-7-6-8-17-16(14)9-10-21-17/h6-11,21H,12H2,1-5H3. The third-order valence-corrected chi connectivity index (χ3v) is 5.85. The molecule has 0 aliphatic carbocycles. The van der Waals surface area contributed by atoms with E-state index in [9.17, 15) is 4.79 Å². The third-order valence-electron chi connectivity index (χ3n) is 4.97. The summed E-state index contributed by atoms with van der Waals surface area (Å²) in [6.45, 7) is 9.73. The molecule has 1 N–H and O–H groups in total. The number of aromatic nitrogens is 1. The summed E-state index contributed by atoms with van der Waals surface area (Å²) in [4.78, 5) is 14.7. The van der Waals surface area contributed by atoms with E-state index in [-0.39, 0.29) is 5.12 Å². The maximum Gasteiger partial charge on any atom is 0.491 e. The molecule has 1 aromatic heterocycles. The molecule has 0 unspecified atom stereocenters. The van der Waals surface area contributed by atoms with Crippen LogP contribution in [0.15, 0.2) is 35.9 Å². The smallest absolute Gasteiger partial charge is 0.400 e. The Morgan fingerprint density at radius 2 is 1.88 bits per heavy atom. The largest absolute Gasteiger partial charge is 0.491 e. The van der Waals surface area contributed by atoms with Crippen molar-refractivity contribution in [1.82, 2.24) is 4.98 Å². The highest BCUT2D eigenvalue weighted by Crippen LogP contribution is 2.39. The van der Waals surface area contributed by atoms with E-state index < -0.39 is 18.3 Å². The lowest BCUT2D eigenvalue weighted by atomic mass is 9.78. The zero-order valence-corrected chi connectivity index (χ0v) is 16.2. The molecule has 0 bridgehead atoms. The maximum absolute atomic E-state index is 11.5. The Balaban J connectivity index is 1.98. The summed E-state index contributed by atoms with van der Waals surface area (Å²) in [5.74, 6) is 0.549. The van der Waals surface area contributed by atoms with Crippen molar-refractivity contribution < 1.29 is 14.1 Å². The van der Waals surface area contributed by atoms with Crippen molar-refractivity contribution in [2.75, 3.05) is 5.75 Å². The zero-order valence-electron chi connectivity index (χ0n) is 15.4. The van der Waals surface area contributed by atoms with Crippen molar-refractivity contribution in [2.45, 2.75) is 45.8 Å². The van der Waals surface area contributed by atoms with Crippen LogP contribution in [0, 0.1) is 0 Å². The molecule has 2 heterocycles. The molecule has 4 nitrogen and oxygen atoms in total. The molecular weight excluding hydrogens is 333 g/mol. The fourth-order valence-corrected chi connectivity index (χ4v) is 3.38. The van der Waals surface area contributed by atoms with E-state index in [0.717, 1.165) is 21.9 Å². The van der Waals surface area contributed by atoms with Gasteiger partial charge in [-0.2, -0.15) is 0 Å². The second-order valence-electron chi connectivity index (χ2n) is 7.37. The molecule has 0 radical (unpaired) electrons. The highest BCUT2D eigenvalue weighted by Gasteiger charge is 2.52. The summed E-state index contributed by atoms with van der Waals surface area (Å²) in [6, 6.07) is 8.19.